The molecule has 2 rings (SSSR count). The minimum atomic E-state index is -0.556. The van der Waals surface area contributed by atoms with Gasteiger partial charge >= 0.3 is 0 Å². The van der Waals surface area contributed by atoms with E-state index in [1.54, 1.807) is 16.7 Å². The van der Waals surface area contributed by atoms with Crippen molar-refractivity contribution in [3.8, 4) is 0 Å². The Labute approximate surface area is 90.7 Å². The number of nitrogens with zero attached hydrogens (tertiary/aromatic N) is 4. The van der Waals surface area contributed by atoms with Gasteiger partial charge in [0.05, 0.1) is 3.79 Å². The lowest BCUT2D eigenvalue weighted by molar-refractivity contribution is 0.100. The molecule has 2 aromatic heterocycles. The highest BCUT2D eigenvalue weighted by Crippen LogP contribution is 2.25. The highest BCUT2D eigenvalue weighted by molar-refractivity contribution is 9.11. The maximum atomic E-state index is 11.2. The van der Waals surface area contributed by atoms with E-state index < -0.39 is 5.91 Å². The smallest absolute Gasteiger partial charge is 0.250 e. The molecule has 0 aliphatic carbocycles. The maximum Gasteiger partial charge on any atom is 0.250 e. The summed E-state index contributed by atoms with van der Waals surface area (Å²) in [6, 6.07) is 1.69. The van der Waals surface area contributed by atoms with Crippen molar-refractivity contribution < 1.29 is 4.79 Å². The second kappa shape index (κ2) is 3.45. The fourth-order valence-electron chi connectivity index (χ4n) is 1.09. The van der Waals surface area contributed by atoms with Gasteiger partial charge in [-0.05, 0) is 32.6 Å². The van der Waals surface area contributed by atoms with Crippen molar-refractivity contribution in [3.63, 3.8) is 0 Å². The highest BCUT2D eigenvalue weighted by atomic mass is 79.9. The first-order chi connectivity index (χ1) is 6.70. The van der Waals surface area contributed by atoms with E-state index >= 15 is 0 Å². The number of carbonyl (C=O) groups excluding carboxylic acids is 1. The Hall–Kier alpha value is -1.30. The van der Waals surface area contributed by atoms with Gasteiger partial charge in [0, 0.05) is 22.9 Å². The Balaban J connectivity index is 2.50. The summed E-state index contributed by atoms with van der Waals surface area (Å²) in [4.78, 5) is 14.5. The Morgan fingerprint density at radius 1 is 1.64 bits per heavy atom. The Morgan fingerprint density at radius 3 is 3.07 bits per heavy atom. The Bertz CT molecular complexity index is 520. The van der Waals surface area contributed by atoms with Crippen LogP contribution in [0.2, 0.25) is 0 Å². The second-order valence-corrected chi connectivity index (χ2v) is 4.95. The first-order valence-corrected chi connectivity index (χ1v) is 5.18. The van der Waals surface area contributed by atoms with Crippen LogP contribution in [0.5, 0.6) is 0 Å². The number of halogens is 1. The summed E-state index contributed by atoms with van der Waals surface area (Å²) in [5.41, 5.74) is 8.50. The second-order valence-electron chi connectivity index (χ2n) is 2.50. The van der Waals surface area contributed by atoms with Crippen LogP contribution in [0, 0.1) is 0 Å². The van der Waals surface area contributed by atoms with Crippen molar-refractivity contribution in [1.82, 2.24) is 4.40 Å². The monoisotopic (exact) mass is 270 g/mol. The summed E-state index contributed by atoms with van der Waals surface area (Å²) in [5, 5.41) is 3.01. The third-order valence-electron chi connectivity index (χ3n) is 1.64. The standard InChI is InChI=1S/C7H3BrN4OS/c8-5-3-12-2-4(1-6(12)14-5)7(13)10-11-9/h1-3H. The number of rotatable bonds is 1. The number of aromatic nitrogens is 1. The number of thiazole rings is 1. The quantitative estimate of drug-likeness (QED) is 0.446. The summed E-state index contributed by atoms with van der Waals surface area (Å²) in [6.07, 6.45) is 3.47. The number of amides is 1. The van der Waals surface area contributed by atoms with Crippen LogP contribution in [-0.4, -0.2) is 10.3 Å². The van der Waals surface area contributed by atoms with Crippen LogP contribution in [-0.2, 0) is 0 Å². The molecule has 0 aromatic carbocycles. The first-order valence-electron chi connectivity index (χ1n) is 3.57. The lowest BCUT2D eigenvalue weighted by Crippen LogP contribution is -1.89. The molecule has 1 amide bonds. The molecule has 0 saturated heterocycles. The van der Waals surface area contributed by atoms with Gasteiger partial charge in [0.2, 0.25) is 0 Å². The molecule has 0 aliphatic rings. The molecule has 0 N–H and O–H groups in total. The van der Waals surface area contributed by atoms with Gasteiger partial charge in [0.15, 0.2) is 0 Å². The van der Waals surface area contributed by atoms with Crippen molar-refractivity contribution in [2.24, 2.45) is 5.11 Å². The predicted molar refractivity (Wildman–Crippen MR) is 56.5 cm³/mol. The topological polar surface area (TPSA) is 70.2 Å². The van der Waals surface area contributed by atoms with Crippen LogP contribution in [0.4, 0.5) is 0 Å². The lowest BCUT2D eigenvalue weighted by atomic mass is 10.3. The molecule has 0 radical (unpaired) electrons. The van der Waals surface area contributed by atoms with Gasteiger partial charge in [-0.15, -0.1) is 11.3 Å². The third-order valence-corrected chi connectivity index (χ3v) is 3.17. The van der Waals surface area contributed by atoms with Gasteiger partial charge in [-0.25, -0.2) is 0 Å². The zero-order chi connectivity index (χ0) is 10.1. The molecule has 5 nitrogen and oxygen atoms in total. The average Bonchev–Trinajstić information content (AvgIpc) is 2.61. The molecular weight excluding hydrogens is 268 g/mol. The molecule has 0 spiro atoms. The van der Waals surface area contributed by atoms with Crippen molar-refractivity contribution in [1.29, 1.82) is 0 Å². The van der Waals surface area contributed by atoms with E-state index in [0.29, 0.717) is 5.56 Å². The largest absolute Gasteiger partial charge is 0.313 e. The van der Waals surface area contributed by atoms with Gasteiger partial charge in [0.25, 0.3) is 5.91 Å². The minimum Gasteiger partial charge on any atom is -0.313 e. The maximum absolute atomic E-state index is 11.2. The van der Waals surface area contributed by atoms with E-state index in [9.17, 15) is 4.79 Å². The van der Waals surface area contributed by atoms with Crippen LogP contribution in [0.15, 0.2) is 27.4 Å². The van der Waals surface area contributed by atoms with E-state index in [0.717, 1.165) is 8.62 Å². The average molecular weight is 271 g/mol. The molecule has 0 aliphatic heterocycles. The van der Waals surface area contributed by atoms with Gasteiger partial charge < -0.3 is 4.40 Å². The van der Waals surface area contributed by atoms with E-state index in [1.165, 1.54) is 11.3 Å². The van der Waals surface area contributed by atoms with Crippen molar-refractivity contribution in [3.05, 3.63) is 38.3 Å². The number of fused-ring (bicyclic) bond motifs is 1. The van der Waals surface area contributed by atoms with Crippen molar-refractivity contribution in [2.45, 2.75) is 0 Å². The van der Waals surface area contributed by atoms with Gasteiger partial charge in [-0.1, -0.05) is 0 Å². The van der Waals surface area contributed by atoms with E-state index in [4.69, 9.17) is 5.53 Å². The summed E-state index contributed by atoms with van der Waals surface area (Å²) < 4.78 is 2.78. The molecule has 0 atom stereocenters. The summed E-state index contributed by atoms with van der Waals surface area (Å²) >= 11 is 4.83. The molecule has 7 heteroatoms. The van der Waals surface area contributed by atoms with Crippen LogP contribution in [0.3, 0.4) is 0 Å². The number of carbonyl (C=O) groups is 1. The molecule has 70 valence electrons. The number of hydrogen-bond acceptors (Lipinski definition) is 2. The van der Waals surface area contributed by atoms with Crippen LogP contribution in [0.1, 0.15) is 10.4 Å². The van der Waals surface area contributed by atoms with Gasteiger partial charge in [-0.2, -0.15) is 0 Å². The van der Waals surface area contributed by atoms with Gasteiger partial charge in [-0.3, -0.25) is 4.79 Å². The lowest BCUT2D eigenvalue weighted by Gasteiger charge is -1.83. The van der Waals surface area contributed by atoms with E-state index in [-0.39, 0.29) is 0 Å². The molecular formula is C7H3BrN4OS. The summed E-state index contributed by atoms with van der Waals surface area (Å²) in [5.74, 6) is -0.556. The normalized spacial score (nSPS) is 10.1. The van der Waals surface area contributed by atoms with Crippen LogP contribution in [0.25, 0.3) is 15.3 Å². The molecule has 0 unspecified atom stereocenters. The summed E-state index contributed by atoms with van der Waals surface area (Å²) in [7, 11) is 0. The third kappa shape index (κ3) is 1.52. The van der Waals surface area contributed by atoms with Gasteiger partial charge in [0.1, 0.15) is 4.83 Å². The fourth-order valence-corrected chi connectivity index (χ4v) is 2.57. The summed E-state index contributed by atoms with van der Waals surface area (Å²) in [6.45, 7) is 0. The molecule has 14 heavy (non-hydrogen) atoms. The Kier molecular flexibility index (Phi) is 2.28. The number of hydrogen-bond donors (Lipinski definition) is 0. The molecule has 0 saturated carbocycles. The fraction of sp³-hybridized carbons (Fsp3) is 0. The molecule has 2 aromatic rings. The predicted octanol–water partition coefficient (Wildman–Crippen LogP) is 3.21. The number of azide groups is 1. The molecule has 0 bridgehead atoms. The van der Waals surface area contributed by atoms with E-state index in [1.807, 2.05) is 6.20 Å². The molecule has 0 fully saturated rings. The molecule has 2 heterocycles. The van der Waals surface area contributed by atoms with Crippen molar-refractivity contribution >= 4 is 38.0 Å². The Morgan fingerprint density at radius 2 is 2.43 bits per heavy atom. The zero-order valence-corrected chi connectivity index (χ0v) is 9.12. The SMILES string of the molecule is [N-]=[N+]=NC(=O)c1cc2sc(Br)cn2c1. The highest BCUT2D eigenvalue weighted by Gasteiger charge is 2.08. The minimum absolute atomic E-state index is 0.404. The van der Waals surface area contributed by atoms with Crippen LogP contribution < -0.4 is 0 Å². The van der Waals surface area contributed by atoms with Crippen molar-refractivity contribution in [2.75, 3.05) is 0 Å². The zero-order valence-electron chi connectivity index (χ0n) is 6.72. The first kappa shape index (κ1) is 9.26. The van der Waals surface area contributed by atoms with E-state index in [2.05, 4.69) is 26.0 Å². The van der Waals surface area contributed by atoms with Crippen LogP contribution >= 0.6 is 27.3 Å².